The number of hydrogen-bond donors (Lipinski definition) is 1. The molecule has 1 aliphatic rings. The lowest BCUT2D eigenvalue weighted by molar-refractivity contribution is 0.174. The van der Waals surface area contributed by atoms with Crippen LogP contribution in [-0.4, -0.2) is 16.8 Å². The molecule has 5 nitrogen and oxygen atoms in total. The highest BCUT2D eigenvalue weighted by Crippen LogP contribution is 2.32. The third-order valence-corrected chi connectivity index (χ3v) is 2.49. The van der Waals surface area contributed by atoms with Crippen LogP contribution in [0.1, 0.15) is 5.56 Å². The molecule has 0 radical (unpaired) electrons. The summed E-state index contributed by atoms with van der Waals surface area (Å²) in [6.45, 7) is 0.992. The molecule has 3 rings (SSSR count). The molecule has 2 aromatic rings. The van der Waals surface area contributed by atoms with E-state index in [4.69, 9.17) is 9.47 Å². The first-order valence-corrected chi connectivity index (χ1v) is 5.30. The highest BCUT2D eigenvalue weighted by Gasteiger charge is 2.12. The van der Waals surface area contributed by atoms with E-state index in [-0.39, 0.29) is 0 Å². The monoisotopic (exact) mass is 229 g/mol. The van der Waals surface area contributed by atoms with Gasteiger partial charge in [-0.15, -0.1) is 0 Å². The minimum Gasteiger partial charge on any atom is -0.454 e. The molecule has 0 aliphatic carbocycles. The number of rotatable bonds is 3. The summed E-state index contributed by atoms with van der Waals surface area (Å²) in [4.78, 5) is 7.95. The summed E-state index contributed by atoms with van der Waals surface area (Å²) in [5.41, 5.74) is 1.12. The second-order valence-electron chi connectivity index (χ2n) is 3.64. The molecular formula is C12H11N3O2. The van der Waals surface area contributed by atoms with Crippen molar-refractivity contribution < 1.29 is 9.47 Å². The number of benzene rings is 1. The molecule has 1 N–H and O–H groups in total. The third kappa shape index (κ3) is 2.13. The fourth-order valence-corrected chi connectivity index (χ4v) is 1.64. The first-order chi connectivity index (χ1) is 8.42. The van der Waals surface area contributed by atoms with E-state index >= 15 is 0 Å². The van der Waals surface area contributed by atoms with Gasteiger partial charge in [0, 0.05) is 12.7 Å². The predicted molar refractivity (Wildman–Crippen MR) is 61.9 cm³/mol. The molecule has 0 atom stereocenters. The van der Waals surface area contributed by atoms with E-state index in [1.54, 1.807) is 6.20 Å². The predicted octanol–water partition coefficient (Wildman–Crippen LogP) is 1.82. The van der Waals surface area contributed by atoms with E-state index in [0.29, 0.717) is 13.3 Å². The maximum absolute atomic E-state index is 5.32. The quantitative estimate of drug-likeness (QED) is 0.870. The van der Waals surface area contributed by atoms with Crippen molar-refractivity contribution in [3.63, 3.8) is 0 Å². The van der Waals surface area contributed by atoms with Crippen LogP contribution < -0.4 is 14.8 Å². The van der Waals surface area contributed by atoms with Crippen LogP contribution in [0.4, 0.5) is 5.82 Å². The minimum absolute atomic E-state index is 0.304. The Morgan fingerprint density at radius 3 is 3.00 bits per heavy atom. The number of nitrogens with one attached hydrogen (secondary N) is 1. The topological polar surface area (TPSA) is 56.3 Å². The van der Waals surface area contributed by atoms with Crippen molar-refractivity contribution in [1.82, 2.24) is 9.97 Å². The molecule has 0 saturated heterocycles. The largest absolute Gasteiger partial charge is 0.454 e. The summed E-state index contributed by atoms with van der Waals surface area (Å²) < 4.78 is 10.6. The molecule has 1 aliphatic heterocycles. The van der Waals surface area contributed by atoms with Crippen molar-refractivity contribution in [2.24, 2.45) is 0 Å². The van der Waals surface area contributed by atoms with Crippen LogP contribution in [0.2, 0.25) is 0 Å². The summed E-state index contributed by atoms with van der Waals surface area (Å²) in [6.07, 6.45) is 3.22. The zero-order valence-electron chi connectivity index (χ0n) is 9.09. The SMILES string of the molecule is c1cc(NCc2ccc3c(c2)OCO3)ncn1. The summed E-state index contributed by atoms with van der Waals surface area (Å²) in [5.74, 6) is 2.40. The molecule has 0 bridgehead atoms. The number of hydrogen-bond acceptors (Lipinski definition) is 5. The van der Waals surface area contributed by atoms with Crippen LogP contribution >= 0.6 is 0 Å². The number of ether oxygens (including phenoxy) is 2. The van der Waals surface area contributed by atoms with Crippen molar-refractivity contribution in [2.75, 3.05) is 12.1 Å². The zero-order valence-corrected chi connectivity index (χ0v) is 9.09. The van der Waals surface area contributed by atoms with E-state index in [2.05, 4.69) is 15.3 Å². The van der Waals surface area contributed by atoms with E-state index in [1.807, 2.05) is 24.3 Å². The molecule has 17 heavy (non-hydrogen) atoms. The van der Waals surface area contributed by atoms with Gasteiger partial charge in [-0.2, -0.15) is 0 Å². The molecule has 1 aromatic heterocycles. The number of aromatic nitrogens is 2. The molecule has 0 amide bonds. The van der Waals surface area contributed by atoms with E-state index in [1.165, 1.54) is 6.33 Å². The first kappa shape index (κ1) is 9.89. The lowest BCUT2D eigenvalue weighted by Crippen LogP contribution is -2.01. The maximum Gasteiger partial charge on any atom is 0.231 e. The molecule has 0 saturated carbocycles. The molecular weight excluding hydrogens is 218 g/mol. The average molecular weight is 229 g/mol. The Hall–Kier alpha value is -2.30. The number of fused-ring (bicyclic) bond motifs is 1. The highest BCUT2D eigenvalue weighted by molar-refractivity contribution is 5.45. The third-order valence-electron chi connectivity index (χ3n) is 2.49. The van der Waals surface area contributed by atoms with Crippen molar-refractivity contribution in [1.29, 1.82) is 0 Å². The van der Waals surface area contributed by atoms with Crippen LogP contribution in [0.5, 0.6) is 11.5 Å². The standard InChI is InChI=1S/C12H11N3O2/c1-2-10-11(17-8-16-10)5-9(1)6-14-12-3-4-13-7-15-12/h1-5,7H,6,8H2,(H,13,14,15). The van der Waals surface area contributed by atoms with Gasteiger partial charge in [-0.3, -0.25) is 0 Å². The molecule has 86 valence electrons. The van der Waals surface area contributed by atoms with Gasteiger partial charge in [-0.05, 0) is 23.8 Å². The van der Waals surface area contributed by atoms with Crippen LogP contribution in [0.25, 0.3) is 0 Å². The van der Waals surface area contributed by atoms with E-state index in [0.717, 1.165) is 22.9 Å². The van der Waals surface area contributed by atoms with Crippen molar-refractivity contribution in [3.8, 4) is 11.5 Å². The fraction of sp³-hybridized carbons (Fsp3) is 0.167. The highest BCUT2D eigenvalue weighted by atomic mass is 16.7. The van der Waals surface area contributed by atoms with Gasteiger partial charge >= 0.3 is 0 Å². The van der Waals surface area contributed by atoms with Gasteiger partial charge in [0.25, 0.3) is 0 Å². The average Bonchev–Trinajstić information content (AvgIpc) is 2.85. The second kappa shape index (κ2) is 4.29. The lowest BCUT2D eigenvalue weighted by atomic mass is 10.2. The van der Waals surface area contributed by atoms with Crippen LogP contribution in [0.3, 0.4) is 0 Å². The van der Waals surface area contributed by atoms with Gasteiger partial charge in [0.1, 0.15) is 12.1 Å². The van der Waals surface area contributed by atoms with Gasteiger partial charge < -0.3 is 14.8 Å². The van der Waals surface area contributed by atoms with Gasteiger partial charge in [0.2, 0.25) is 6.79 Å². The summed E-state index contributed by atoms with van der Waals surface area (Å²) in [6, 6.07) is 7.71. The summed E-state index contributed by atoms with van der Waals surface area (Å²) >= 11 is 0. The van der Waals surface area contributed by atoms with Crippen molar-refractivity contribution in [2.45, 2.75) is 6.54 Å². The van der Waals surface area contributed by atoms with E-state index < -0.39 is 0 Å². The van der Waals surface area contributed by atoms with Gasteiger partial charge in [0.15, 0.2) is 11.5 Å². The Bertz CT molecular complexity index is 516. The van der Waals surface area contributed by atoms with Gasteiger partial charge in [-0.25, -0.2) is 9.97 Å². The molecule has 2 heterocycles. The van der Waals surface area contributed by atoms with Crippen LogP contribution in [-0.2, 0) is 6.54 Å². The molecule has 0 fully saturated rings. The molecule has 5 heteroatoms. The summed E-state index contributed by atoms with van der Waals surface area (Å²) in [5, 5.41) is 3.20. The first-order valence-electron chi connectivity index (χ1n) is 5.30. The normalized spacial score (nSPS) is 12.5. The smallest absolute Gasteiger partial charge is 0.231 e. The van der Waals surface area contributed by atoms with Crippen LogP contribution in [0.15, 0.2) is 36.8 Å². The van der Waals surface area contributed by atoms with Crippen LogP contribution in [0, 0.1) is 0 Å². The van der Waals surface area contributed by atoms with Crippen molar-refractivity contribution >= 4 is 5.82 Å². The lowest BCUT2D eigenvalue weighted by Gasteiger charge is -2.05. The van der Waals surface area contributed by atoms with E-state index in [9.17, 15) is 0 Å². The van der Waals surface area contributed by atoms with Crippen molar-refractivity contribution in [3.05, 3.63) is 42.4 Å². The Morgan fingerprint density at radius 2 is 2.12 bits per heavy atom. The fourth-order valence-electron chi connectivity index (χ4n) is 1.64. The molecule has 0 unspecified atom stereocenters. The Kier molecular flexibility index (Phi) is 2.50. The maximum atomic E-state index is 5.32. The Morgan fingerprint density at radius 1 is 1.18 bits per heavy atom. The number of nitrogens with zero attached hydrogens (tertiary/aromatic N) is 2. The second-order valence-corrected chi connectivity index (χ2v) is 3.64. The van der Waals surface area contributed by atoms with Gasteiger partial charge in [-0.1, -0.05) is 6.07 Å². The molecule has 1 aromatic carbocycles. The minimum atomic E-state index is 0.304. The number of anilines is 1. The molecule has 0 spiro atoms. The van der Waals surface area contributed by atoms with Gasteiger partial charge in [0.05, 0.1) is 0 Å². The Labute approximate surface area is 98.4 Å². The zero-order chi connectivity index (χ0) is 11.5. The Balaban J connectivity index is 1.70. The summed E-state index contributed by atoms with van der Waals surface area (Å²) in [7, 11) is 0.